The molecule has 1 unspecified atom stereocenters. The second-order valence-electron chi connectivity index (χ2n) is 6.97. The van der Waals surface area contributed by atoms with Crippen LogP contribution in [0.4, 0.5) is 0 Å². The SMILES string of the molecule is CCC(=O)N1CCC(NC(=NC)NCCC(=O)NC2CCCCC2)C1. The summed E-state index contributed by atoms with van der Waals surface area (Å²) in [5.74, 6) is 1.00. The van der Waals surface area contributed by atoms with E-state index in [2.05, 4.69) is 20.9 Å². The number of carbonyl (C=O) groups is 2. The average Bonchev–Trinajstić information content (AvgIpc) is 3.09. The summed E-state index contributed by atoms with van der Waals surface area (Å²) in [6.07, 6.45) is 7.87. The van der Waals surface area contributed by atoms with Crippen molar-refractivity contribution in [2.75, 3.05) is 26.7 Å². The second-order valence-corrected chi connectivity index (χ2v) is 6.97. The van der Waals surface area contributed by atoms with Gasteiger partial charge < -0.3 is 20.9 Å². The Hall–Kier alpha value is -1.79. The molecule has 2 rings (SSSR count). The average molecular weight is 351 g/mol. The van der Waals surface area contributed by atoms with Crippen molar-refractivity contribution in [3.63, 3.8) is 0 Å². The maximum Gasteiger partial charge on any atom is 0.222 e. The highest BCUT2D eigenvalue weighted by Gasteiger charge is 2.25. The number of hydrogen-bond acceptors (Lipinski definition) is 3. The molecule has 7 heteroatoms. The zero-order chi connectivity index (χ0) is 18.1. The Morgan fingerprint density at radius 1 is 1.08 bits per heavy atom. The summed E-state index contributed by atoms with van der Waals surface area (Å²) in [4.78, 5) is 29.9. The molecule has 0 radical (unpaired) electrons. The standard InChI is InChI=1S/C18H33N5O2/c1-3-17(25)23-12-10-15(13-23)22-18(19-2)20-11-9-16(24)21-14-7-5-4-6-8-14/h14-15H,3-13H2,1-2H3,(H,21,24)(H2,19,20,22). The van der Waals surface area contributed by atoms with E-state index in [1.165, 1.54) is 19.3 Å². The first kappa shape index (κ1) is 19.5. The molecule has 1 atom stereocenters. The first-order valence-electron chi connectivity index (χ1n) is 9.66. The number of nitrogens with zero attached hydrogens (tertiary/aromatic N) is 2. The maximum atomic E-state index is 12.0. The van der Waals surface area contributed by atoms with Crippen molar-refractivity contribution in [3.8, 4) is 0 Å². The fourth-order valence-corrected chi connectivity index (χ4v) is 3.56. The Balaban J connectivity index is 1.63. The zero-order valence-corrected chi connectivity index (χ0v) is 15.6. The zero-order valence-electron chi connectivity index (χ0n) is 15.6. The summed E-state index contributed by atoms with van der Waals surface area (Å²) in [5.41, 5.74) is 0. The molecule has 2 aliphatic rings. The molecular weight excluding hydrogens is 318 g/mol. The van der Waals surface area contributed by atoms with Crippen LogP contribution in [0.15, 0.2) is 4.99 Å². The van der Waals surface area contributed by atoms with Crippen molar-refractivity contribution in [3.05, 3.63) is 0 Å². The number of guanidine groups is 1. The molecule has 0 aromatic carbocycles. The lowest BCUT2D eigenvalue weighted by Gasteiger charge is -2.23. The van der Waals surface area contributed by atoms with Gasteiger partial charge in [0.2, 0.25) is 11.8 Å². The van der Waals surface area contributed by atoms with E-state index in [4.69, 9.17) is 0 Å². The molecule has 3 N–H and O–H groups in total. The smallest absolute Gasteiger partial charge is 0.222 e. The number of amides is 2. The van der Waals surface area contributed by atoms with Gasteiger partial charge in [0, 0.05) is 51.6 Å². The molecule has 2 amide bonds. The summed E-state index contributed by atoms with van der Waals surface area (Å²) >= 11 is 0. The predicted octanol–water partition coefficient (Wildman–Crippen LogP) is 1.00. The number of aliphatic imine (C=N–C) groups is 1. The van der Waals surface area contributed by atoms with Gasteiger partial charge in [-0.05, 0) is 19.3 Å². The van der Waals surface area contributed by atoms with Gasteiger partial charge in [0.25, 0.3) is 0 Å². The number of rotatable bonds is 6. The van der Waals surface area contributed by atoms with Gasteiger partial charge in [-0.2, -0.15) is 0 Å². The van der Waals surface area contributed by atoms with Gasteiger partial charge in [-0.1, -0.05) is 26.2 Å². The predicted molar refractivity (Wildman–Crippen MR) is 99.4 cm³/mol. The van der Waals surface area contributed by atoms with Gasteiger partial charge in [-0.3, -0.25) is 14.6 Å². The second kappa shape index (κ2) is 10.3. The monoisotopic (exact) mass is 351 g/mol. The van der Waals surface area contributed by atoms with Crippen molar-refractivity contribution in [1.82, 2.24) is 20.9 Å². The summed E-state index contributed by atoms with van der Waals surface area (Å²) < 4.78 is 0. The third-order valence-corrected chi connectivity index (χ3v) is 5.02. The molecule has 0 bridgehead atoms. The van der Waals surface area contributed by atoms with Crippen molar-refractivity contribution in [2.24, 2.45) is 4.99 Å². The Kier molecular flexibility index (Phi) is 8.01. The van der Waals surface area contributed by atoms with E-state index < -0.39 is 0 Å². The lowest BCUT2D eigenvalue weighted by molar-refractivity contribution is -0.129. The van der Waals surface area contributed by atoms with Crippen LogP contribution < -0.4 is 16.0 Å². The van der Waals surface area contributed by atoms with E-state index in [-0.39, 0.29) is 17.9 Å². The lowest BCUT2D eigenvalue weighted by Crippen LogP contribution is -2.46. The molecule has 2 fully saturated rings. The molecule has 0 aromatic rings. The van der Waals surface area contributed by atoms with Crippen LogP contribution in [0.3, 0.4) is 0 Å². The minimum absolute atomic E-state index is 0.107. The molecule has 1 saturated carbocycles. The third kappa shape index (κ3) is 6.55. The summed E-state index contributed by atoms with van der Waals surface area (Å²) in [6, 6.07) is 0.581. The maximum absolute atomic E-state index is 12.0. The van der Waals surface area contributed by atoms with Gasteiger partial charge in [-0.15, -0.1) is 0 Å². The molecular formula is C18H33N5O2. The van der Waals surface area contributed by atoms with Crippen LogP contribution in [-0.2, 0) is 9.59 Å². The Morgan fingerprint density at radius 3 is 2.52 bits per heavy atom. The molecule has 0 aromatic heterocycles. The highest BCUT2D eigenvalue weighted by atomic mass is 16.2. The molecule has 25 heavy (non-hydrogen) atoms. The third-order valence-electron chi connectivity index (χ3n) is 5.02. The van der Waals surface area contributed by atoms with E-state index >= 15 is 0 Å². The van der Waals surface area contributed by atoms with Crippen LogP contribution in [0, 0.1) is 0 Å². The fourth-order valence-electron chi connectivity index (χ4n) is 3.56. The van der Waals surface area contributed by atoms with E-state index in [1.807, 2.05) is 11.8 Å². The van der Waals surface area contributed by atoms with Gasteiger partial charge in [0.1, 0.15) is 0 Å². The Bertz CT molecular complexity index is 474. The minimum Gasteiger partial charge on any atom is -0.356 e. The first-order valence-corrected chi connectivity index (χ1v) is 9.66. The number of carbonyl (C=O) groups excluding carboxylic acids is 2. The van der Waals surface area contributed by atoms with E-state index in [0.29, 0.717) is 31.4 Å². The van der Waals surface area contributed by atoms with Gasteiger partial charge in [-0.25, -0.2) is 0 Å². The lowest BCUT2D eigenvalue weighted by atomic mass is 9.95. The molecule has 1 heterocycles. The number of likely N-dealkylation sites (tertiary alicyclic amines) is 1. The summed E-state index contributed by atoms with van der Waals surface area (Å²) in [7, 11) is 1.72. The number of hydrogen-bond donors (Lipinski definition) is 3. The normalized spacial score (nSPS) is 21.9. The number of nitrogens with one attached hydrogen (secondary N) is 3. The first-order chi connectivity index (χ1) is 12.1. The molecule has 1 aliphatic carbocycles. The minimum atomic E-state index is 0.107. The molecule has 1 saturated heterocycles. The van der Waals surface area contributed by atoms with Crippen LogP contribution in [0.2, 0.25) is 0 Å². The van der Waals surface area contributed by atoms with Gasteiger partial charge in [0.15, 0.2) is 5.96 Å². The fraction of sp³-hybridized carbons (Fsp3) is 0.833. The summed E-state index contributed by atoms with van der Waals surface area (Å²) in [6.45, 7) is 3.96. The largest absolute Gasteiger partial charge is 0.356 e. The van der Waals surface area contributed by atoms with Crippen molar-refractivity contribution in [2.45, 2.75) is 70.4 Å². The quantitative estimate of drug-likeness (QED) is 0.492. The topological polar surface area (TPSA) is 85.8 Å². The molecule has 142 valence electrons. The van der Waals surface area contributed by atoms with Crippen LogP contribution >= 0.6 is 0 Å². The van der Waals surface area contributed by atoms with Crippen LogP contribution in [0.25, 0.3) is 0 Å². The van der Waals surface area contributed by atoms with E-state index in [0.717, 1.165) is 32.4 Å². The highest BCUT2D eigenvalue weighted by Crippen LogP contribution is 2.17. The molecule has 0 spiro atoms. The van der Waals surface area contributed by atoms with E-state index in [9.17, 15) is 9.59 Å². The summed E-state index contributed by atoms with van der Waals surface area (Å²) in [5, 5.41) is 9.67. The molecule has 1 aliphatic heterocycles. The van der Waals surface area contributed by atoms with Crippen LogP contribution in [-0.4, -0.2) is 61.4 Å². The van der Waals surface area contributed by atoms with Crippen LogP contribution in [0.1, 0.15) is 58.3 Å². The van der Waals surface area contributed by atoms with Crippen molar-refractivity contribution in [1.29, 1.82) is 0 Å². The van der Waals surface area contributed by atoms with Gasteiger partial charge >= 0.3 is 0 Å². The van der Waals surface area contributed by atoms with Crippen molar-refractivity contribution >= 4 is 17.8 Å². The molecule has 7 nitrogen and oxygen atoms in total. The Labute approximate surface area is 151 Å². The van der Waals surface area contributed by atoms with E-state index in [1.54, 1.807) is 7.05 Å². The van der Waals surface area contributed by atoms with Crippen molar-refractivity contribution < 1.29 is 9.59 Å². The Morgan fingerprint density at radius 2 is 1.84 bits per heavy atom. The van der Waals surface area contributed by atoms with Crippen LogP contribution in [0.5, 0.6) is 0 Å². The van der Waals surface area contributed by atoms with Gasteiger partial charge in [0.05, 0.1) is 0 Å². The highest BCUT2D eigenvalue weighted by molar-refractivity contribution is 5.82.